The Balaban J connectivity index is 1.65. The first-order valence-corrected chi connectivity index (χ1v) is 14.6. The van der Waals surface area contributed by atoms with Gasteiger partial charge in [0, 0.05) is 0 Å². The SMILES string of the molecule is Cc1ccc(S(=O)(=O)N=c2sn(Cc3ccccc3)c(NCc3ccccc3)[n+]2Cc2ccccc2)cc1. The summed E-state index contributed by atoms with van der Waals surface area (Å²) in [6, 6.07) is 37.1. The minimum atomic E-state index is -3.91. The topological polar surface area (TPSA) is 67.3 Å². The maximum absolute atomic E-state index is 13.4. The molecule has 0 saturated heterocycles. The molecule has 0 amide bonds. The first kappa shape index (κ1) is 25.6. The second-order valence-electron chi connectivity index (χ2n) is 9.01. The lowest BCUT2D eigenvalue weighted by molar-refractivity contribution is -0.686. The molecule has 5 rings (SSSR count). The minimum Gasteiger partial charge on any atom is -0.292 e. The highest BCUT2D eigenvalue weighted by atomic mass is 32.2. The lowest BCUT2D eigenvalue weighted by Gasteiger charge is -2.09. The molecule has 38 heavy (non-hydrogen) atoms. The number of sulfonamides is 1. The Kier molecular flexibility index (Phi) is 7.81. The van der Waals surface area contributed by atoms with Crippen LogP contribution in [0.3, 0.4) is 0 Å². The van der Waals surface area contributed by atoms with Gasteiger partial charge in [0.25, 0.3) is 0 Å². The first-order chi connectivity index (χ1) is 18.5. The van der Waals surface area contributed by atoms with Gasteiger partial charge in [0.1, 0.15) is 4.90 Å². The Labute approximate surface area is 227 Å². The van der Waals surface area contributed by atoms with Crippen molar-refractivity contribution in [3.05, 3.63) is 142 Å². The van der Waals surface area contributed by atoms with Gasteiger partial charge in [-0.25, -0.2) is 4.57 Å². The van der Waals surface area contributed by atoms with Crippen LogP contribution in [-0.4, -0.2) is 12.4 Å². The number of aryl methyl sites for hydroxylation is 1. The van der Waals surface area contributed by atoms with Crippen molar-refractivity contribution < 1.29 is 13.0 Å². The fourth-order valence-corrected chi connectivity index (χ4v) is 6.30. The summed E-state index contributed by atoms with van der Waals surface area (Å²) < 4.78 is 35.1. The van der Waals surface area contributed by atoms with Crippen LogP contribution in [0.1, 0.15) is 22.3 Å². The lowest BCUT2D eigenvalue weighted by Crippen LogP contribution is -2.49. The van der Waals surface area contributed by atoms with Crippen LogP contribution in [0, 0.1) is 6.92 Å². The van der Waals surface area contributed by atoms with Gasteiger partial charge < -0.3 is 0 Å². The molecule has 0 bridgehead atoms. The van der Waals surface area contributed by atoms with Crippen LogP contribution in [0.25, 0.3) is 0 Å². The van der Waals surface area contributed by atoms with Crippen molar-refractivity contribution in [2.45, 2.75) is 31.5 Å². The van der Waals surface area contributed by atoms with Crippen molar-refractivity contribution in [3.63, 3.8) is 0 Å². The summed E-state index contributed by atoms with van der Waals surface area (Å²) >= 11 is 1.33. The Morgan fingerprint density at radius 1 is 0.763 bits per heavy atom. The number of aromatic nitrogens is 2. The molecule has 0 aliphatic rings. The van der Waals surface area contributed by atoms with Gasteiger partial charge in [-0.15, -0.1) is 0 Å². The van der Waals surface area contributed by atoms with Gasteiger partial charge in [-0.1, -0.05) is 109 Å². The number of hydrogen-bond donors (Lipinski definition) is 1. The van der Waals surface area contributed by atoms with Crippen LogP contribution in [-0.2, 0) is 29.7 Å². The number of nitrogens with zero attached hydrogens (tertiary/aromatic N) is 3. The van der Waals surface area contributed by atoms with Gasteiger partial charge in [0.2, 0.25) is 0 Å². The van der Waals surface area contributed by atoms with E-state index in [-0.39, 0.29) is 4.90 Å². The van der Waals surface area contributed by atoms with Crippen molar-refractivity contribution in [1.29, 1.82) is 0 Å². The van der Waals surface area contributed by atoms with Gasteiger partial charge in [0.15, 0.2) is 0 Å². The van der Waals surface area contributed by atoms with E-state index in [0.717, 1.165) is 28.2 Å². The molecule has 1 N–H and O–H groups in total. The monoisotopic (exact) mass is 541 g/mol. The molecular weight excluding hydrogens is 512 g/mol. The summed E-state index contributed by atoms with van der Waals surface area (Å²) in [6.07, 6.45) is 0. The predicted octanol–water partition coefficient (Wildman–Crippen LogP) is 5.14. The average Bonchev–Trinajstić information content (AvgIpc) is 3.23. The molecule has 5 aromatic rings. The third-order valence-corrected chi connectivity index (χ3v) is 8.47. The third-order valence-electron chi connectivity index (χ3n) is 6.08. The smallest absolute Gasteiger partial charge is 0.292 e. The molecule has 1 aromatic heterocycles. The average molecular weight is 542 g/mol. The van der Waals surface area contributed by atoms with Crippen LogP contribution in [0.2, 0.25) is 0 Å². The summed E-state index contributed by atoms with van der Waals surface area (Å²) in [7, 11) is -3.91. The zero-order valence-corrected chi connectivity index (χ0v) is 22.7. The summed E-state index contributed by atoms with van der Waals surface area (Å²) in [6.45, 7) is 3.57. The number of hydrogen-bond acceptors (Lipinski definition) is 4. The molecular formula is C30H29N4O2S2+. The Hall–Kier alpha value is -4.01. The van der Waals surface area contributed by atoms with Crippen molar-refractivity contribution >= 4 is 27.5 Å². The Morgan fingerprint density at radius 3 is 1.92 bits per heavy atom. The van der Waals surface area contributed by atoms with E-state index in [4.69, 9.17) is 0 Å². The summed E-state index contributed by atoms with van der Waals surface area (Å²) in [5, 5.41) is 3.57. The predicted molar refractivity (Wildman–Crippen MR) is 151 cm³/mol. The van der Waals surface area contributed by atoms with Crippen LogP contribution in [0.15, 0.2) is 125 Å². The molecule has 8 heteroatoms. The lowest BCUT2D eigenvalue weighted by atomic mass is 10.2. The normalized spacial score (nSPS) is 12.0. The van der Waals surface area contributed by atoms with Gasteiger partial charge in [-0.05, 0) is 40.1 Å². The van der Waals surface area contributed by atoms with Crippen LogP contribution >= 0.6 is 11.5 Å². The minimum absolute atomic E-state index is 0.177. The van der Waals surface area contributed by atoms with E-state index in [0.29, 0.717) is 24.4 Å². The molecule has 0 unspecified atom stereocenters. The van der Waals surface area contributed by atoms with E-state index in [1.54, 1.807) is 24.3 Å². The molecule has 192 valence electrons. The maximum atomic E-state index is 13.4. The molecule has 0 atom stereocenters. The highest BCUT2D eigenvalue weighted by Gasteiger charge is 2.24. The highest BCUT2D eigenvalue weighted by Crippen LogP contribution is 2.16. The van der Waals surface area contributed by atoms with Crippen molar-refractivity contribution in [2.75, 3.05) is 5.32 Å². The van der Waals surface area contributed by atoms with Crippen LogP contribution < -0.4 is 14.7 Å². The van der Waals surface area contributed by atoms with E-state index in [1.165, 1.54) is 11.5 Å². The van der Waals surface area contributed by atoms with Crippen molar-refractivity contribution in [3.8, 4) is 0 Å². The van der Waals surface area contributed by atoms with Gasteiger partial charge in [-0.2, -0.15) is 12.4 Å². The second-order valence-corrected chi connectivity index (χ2v) is 11.6. The van der Waals surface area contributed by atoms with Gasteiger partial charge in [-0.3, -0.25) is 5.32 Å². The van der Waals surface area contributed by atoms with E-state index >= 15 is 0 Å². The van der Waals surface area contributed by atoms with Gasteiger partial charge >= 0.3 is 20.8 Å². The second kappa shape index (κ2) is 11.6. The molecule has 6 nitrogen and oxygen atoms in total. The summed E-state index contributed by atoms with van der Waals surface area (Å²) in [5.41, 5.74) is 4.28. The molecule has 4 aromatic carbocycles. The molecule has 1 heterocycles. The molecule has 0 aliphatic heterocycles. The van der Waals surface area contributed by atoms with Crippen molar-refractivity contribution in [2.24, 2.45) is 4.40 Å². The first-order valence-electron chi connectivity index (χ1n) is 12.4. The van der Waals surface area contributed by atoms with E-state index in [1.807, 2.05) is 78.2 Å². The van der Waals surface area contributed by atoms with E-state index in [9.17, 15) is 8.42 Å². The van der Waals surface area contributed by atoms with Gasteiger partial charge in [0.05, 0.1) is 31.2 Å². The summed E-state index contributed by atoms with van der Waals surface area (Å²) in [5.74, 6) is 0.796. The maximum Gasteiger partial charge on any atom is 0.330 e. The summed E-state index contributed by atoms with van der Waals surface area (Å²) in [4.78, 5) is 0.581. The Bertz CT molecular complexity index is 1660. The molecule has 0 spiro atoms. The fourth-order valence-electron chi connectivity index (χ4n) is 4.07. The van der Waals surface area contributed by atoms with Crippen molar-refractivity contribution in [1.82, 2.24) is 3.96 Å². The number of rotatable bonds is 9. The molecule has 0 radical (unpaired) electrons. The number of nitrogens with one attached hydrogen (secondary N) is 1. The molecule has 0 saturated carbocycles. The highest BCUT2D eigenvalue weighted by molar-refractivity contribution is 7.90. The number of anilines is 1. The largest absolute Gasteiger partial charge is 0.330 e. The third kappa shape index (κ3) is 6.27. The van der Waals surface area contributed by atoms with E-state index < -0.39 is 10.0 Å². The zero-order valence-electron chi connectivity index (χ0n) is 21.1. The molecule has 0 fully saturated rings. The van der Waals surface area contributed by atoms with E-state index in [2.05, 4.69) is 37.9 Å². The number of benzene rings is 4. The standard InChI is InChI=1S/C30H28N4O2S2/c1-24-17-19-28(20-18-24)38(35,36)32-30-33(22-26-13-7-3-8-14-26)29(31-21-25-11-5-2-6-12-25)34(37-30)23-27-15-9-4-10-16-27/h2-20H,21-23H2,1H3/p+1. The quantitative estimate of drug-likeness (QED) is 0.263. The fraction of sp³-hybridized carbons (Fsp3) is 0.133. The Morgan fingerprint density at radius 2 is 1.32 bits per heavy atom. The van der Waals surface area contributed by atoms with Crippen LogP contribution in [0.5, 0.6) is 0 Å². The molecule has 0 aliphatic carbocycles. The zero-order chi connectivity index (χ0) is 26.4. The van der Waals surface area contributed by atoms with Crippen LogP contribution in [0.4, 0.5) is 5.95 Å².